The van der Waals surface area contributed by atoms with Crippen LogP contribution in [-0.4, -0.2) is 19.7 Å². The van der Waals surface area contributed by atoms with Crippen LogP contribution in [0.3, 0.4) is 0 Å². The number of hydrogen-bond acceptors (Lipinski definition) is 3. The van der Waals surface area contributed by atoms with Crippen molar-refractivity contribution in [2.24, 2.45) is 5.92 Å². The number of esters is 1. The van der Waals surface area contributed by atoms with E-state index in [9.17, 15) is 9.18 Å². The minimum atomic E-state index is -0.387. The van der Waals surface area contributed by atoms with Crippen molar-refractivity contribution in [3.63, 3.8) is 0 Å². The lowest BCUT2D eigenvalue weighted by Gasteiger charge is -2.14. The summed E-state index contributed by atoms with van der Waals surface area (Å²) < 4.78 is 24.9. The highest BCUT2D eigenvalue weighted by molar-refractivity contribution is 9.10. The van der Waals surface area contributed by atoms with E-state index in [-0.39, 0.29) is 24.0 Å². The van der Waals surface area contributed by atoms with Gasteiger partial charge in [0.15, 0.2) is 11.6 Å². The highest BCUT2D eigenvalue weighted by atomic mass is 79.9. The summed E-state index contributed by atoms with van der Waals surface area (Å²) in [7, 11) is 1.35. The molecule has 21 heavy (non-hydrogen) atoms. The zero-order chi connectivity index (χ0) is 15.2. The monoisotopic (exact) mass is 358 g/mol. The molecule has 0 saturated heterocycles. The standard InChI is InChI=1S/C16H20BrFO3/c1-20-15(19)7-6-12-8-13(17)16(14(18)9-12)21-10-11-4-2-3-5-11/h8-9,11H,2-7,10H2,1H3. The molecule has 0 aliphatic heterocycles. The molecule has 2 rings (SSSR count). The maximum Gasteiger partial charge on any atom is 0.305 e. The number of methoxy groups -OCH3 is 1. The quantitative estimate of drug-likeness (QED) is 0.712. The van der Waals surface area contributed by atoms with E-state index in [4.69, 9.17) is 4.74 Å². The van der Waals surface area contributed by atoms with Crippen molar-refractivity contribution < 1.29 is 18.7 Å². The third-order valence-electron chi connectivity index (χ3n) is 3.84. The summed E-state index contributed by atoms with van der Waals surface area (Å²) in [6.45, 7) is 0.566. The summed E-state index contributed by atoms with van der Waals surface area (Å²) >= 11 is 3.35. The Hall–Kier alpha value is -1.10. The molecular weight excluding hydrogens is 339 g/mol. The van der Waals surface area contributed by atoms with E-state index in [1.54, 1.807) is 6.07 Å². The van der Waals surface area contributed by atoms with Crippen LogP contribution in [0.4, 0.5) is 4.39 Å². The summed E-state index contributed by atoms with van der Waals surface area (Å²) in [6, 6.07) is 3.23. The van der Waals surface area contributed by atoms with Crippen molar-refractivity contribution in [2.75, 3.05) is 13.7 Å². The van der Waals surface area contributed by atoms with Crippen LogP contribution in [0.1, 0.15) is 37.7 Å². The molecule has 0 radical (unpaired) electrons. The Labute approximate surface area is 132 Å². The van der Waals surface area contributed by atoms with Gasteiger partial charge in [0.25, 0.3) is 0 Å². The number of ether oxygens (including phenoxy) is 2. The third kappa shape index (κ3) is 4.70. The second-order valence-electron chi connectivity index (χ2n) is 5.43. The Morgan fingerprint density at radius 2 is 2.10 bits per heavy atom. The lowest BCUT2D eigenvalue weighted by molar-refractivity contribution is -0.140. The zero-order valence-corrected chi connectivity index (χ0v) is 13.7. The summed E-state index contributed by atoms with van der Waals surface area (Å²) in [5, 5.41) is 0. The highest BCUT2D eigenvalue weighted by Crippen LogP contribution is 2.32. The van der Waals surface area contributed by atoms with E-state index < -0.39 is 0 Å². The van der Waals surface area contributed by atoms with Crippen molar-refractivity contribution in [1.82, 2.24) is 0 Å². The Kier molecular flexibility index (Phi) is 6.03. The molecule has 1 aromatic carbocycles. The summed E-state index contributed by atoms with van der Waals surface area (Å²) in [4.78, 5) is 11.1. The van der Waals surface area contributed by atoms with Gasteiger partial charge in [0.2, 0.25) is 0 Å². The number of hydrogen-bond donors (Lipinski definition) is 0. The van der Waals surface area contributed by atoms with Crippen LogP contribution in [0, 0.1) is 11.7 Å². The van der Waals surface area contributed by atoms with Gasteiger partial charge in [0.1, 0.15) is 0 Å². The minimum absolute atomic E-state index is 0.241. The van der Waals surface area contributed by atoms with Gasteiger partial charge in [-0.3, -0.25) is 4.79 Å². The van der Waals surface area contributed by atoms with Crippen LogP contribution >= 0.6 is 15.9 Å². The largest absolute Gasteiger partial charge is 0.489 e. The van der Waals surface area contributed by atoms with E-state index in [0.717, 1.165) is 18.4 Å². The van der Waals surface area contributed by atoms with Crippen molar-refractivity contribution in [1.29, 1.82) is 0 Å². The molecule has 1 aromatic rings. The Morgan fingerprint density at radius 1 is 1.38 bits per heavy atom. The molecular formula is C16H20BrFO3. The van der Waals surface area contributed by atoms with Crippen LogP contribution in [0.25, 0.3) is 0 Å². The van der Waals surface area contributed by atoms with Gasteiger partial charge in [-0.05, 0) is 58.8 Å². The van der Waals surface area contributed by atoms with Crippen molar-refractivity contribution in [3.05, 3.63) is 28.0 Å². The van der Waals surface area contributed by atoms with Gasteiger partial charge in [-0.15, -0.1) is 0 Å². The number of benzene rings is 1. The summed E-state index contributed by atoms with van der Waals surface area (Å²) in [5.41, 5.74) is 0.748. The Bertz CT molecular complexity index is 475. The average molecular weight is 359 g/mol. The van der Waals surface area contributed by atoms with Crippen molar-refractivity contribution in [2.45, 2.75) is 38.5 Å². The number of carbonyl (C=O) groups excluding carboxylic acids is 1. The van der Waals surface area contributed by atoms with Gasteiger partial charge in [0, 0.05) is 6.42 Å². The van der Waals surface area contributed by atoms with Crippen LogP contribution in [0.5, 0.6) is 5.75 Å². The maximum absolute atomic E-state index is 14.1. The summed E-state index contributed by atoms with van der Waals surface area (Å²) in [6.07, 6.45) is 5.50. The first-order chi connectivity index (χ1) is 10.1. The SMILES string of the molecule is COC(=O)CCc1cc(F)c(OCC2CCCC2)c(Br)c1. The summed E-state index contributed by atoms with van der Waals surface area (Å²) in [5.74, 6) is 0.120. The highest BCUT2D eigenvalue weighted by Gasteiger charge is 2.18. The van der Waals surface area contributed by atoms with Crippen molar-refractivity contribution >= 4 is 21.9 Å². The van der Waals surface area contributed by atoms with Gasteiger partial charge in [0.05, 0.1) is 18.2 Å². The molecule has 0 unspecified atom stereocenters. The molecule has 1 aliphatic carbocycles. The van der Waals surface area contributed by atoms with Gasteiger partial charge < -0.3 is 9.47 Å². The van der Waals surface area contributed by atoms with E-state index in [1.807, 2.05) is 0 Å². The first-order valence-corrected chi connectivity index (χ1v) is 8.07. The zero-order valence-electron chi connectivity index (χ0n) is 12.2. The topological polar surface area (TPSA) is 35.5 Å². The fourth-order valence-corrected chi connectivity index (χ4v) is 3.22. The fourth-order valence-electron chi connectivity index (χ4n) is 2.62. The molecule has 1 aliphatic rings. The van der Waals surface area contributed by atoms with E-state index in [2.05, 4.69) is 20.7 Å². The second-order valence-corrected chi connectivity index (χ2v) is 6.28. The molecule has 0 amide bonds. The molecule has 0 atom stereocenters. The molecule has 5 heteroatoms. The Morgan fingerprint density at radius 3 is 2.71 bits per heavy atom. The Balaban J connectivity index is 1.97. The molecule has 0 heterocycles. The van der Waals surface area contributed by atoms with Gasteiger partial charge in [-0.1, -0.05) is 12.8 Å². The minimum Gasteiger partial charge on any atom is -0.489 e. The molecule has 1 saturated carbocycles. The molecule has 0 spiro atoms. The first-order valence-electron chi connectivity index (χ1n) is 7.27. The number of halogens is 2. The van der Waals surface area contributed by atoms with E-state index in [0.29, 0.717) is 23.4 Å². The maximum atomic E-state index is 14.1. The molecule has 0 bridgehead atoms. The van der Waals surface area contributed by atoms with Crippen LogP contribution in [0.15, 0.2) is 16.6 Å². The second kappa shape index (κ2) is 7.78. The molecule has 116 valence electrons. The average Bonchev–Trinajstić information content (AvgIpc) is 2.97. The lowest BCUT2D eigenvalue weighted by Crippen LogP contribution is -2.09. The third-order valence-corrected chi connectivity index (χ3v) is 4.43. The van der Waals surface area contributed by atoms with Crippen LogP contribution in [-0.2, 0) is 16.0 Å². The molecule has 0 N–H and O–H groups in total. The van der Waals surface area contributed by atoms with Gasteiger partial charge in [-0.2, -0.15) is 0 Å². The van der Waals surface area contributed by atoms with Gasteiger partial charge >= 0.3 is 5.97 Å². The predicted octanol–water partition coefficient (Wildman–Crippen LogP) is 4.26. The lowest BCUT2D eigenvalue weighted by atomic mass is 10.1. The molecule has 3 nitrogen and oxygen atoms in total. The number of rotatable bonds is 6. The smallest absolute Gasteiger partial charge is 0.305 e. The fraction of sp³-hybridized carbons (Fsp3) is 0.562. The first kappa shape index (κ1) is 16.3. The van der Waals surface area contributed by atoms with Gasteiger partial charge in [-0.25, -0.2) is 4.39 Å². The molecule has 1 fully saturated rings. The number of aryl methyl sites for hydroxylation is 1. The number of carbonyl (C=O) groups is 1. The van der Waals surface area contributed by atoms with E-state index >= 15 is 0 Å². The normalized spacial score (nSPS) is 15.2. The predicted molar refractivity (Wildman–Crippen MR) is 81.9 cm³/mol. The van der Waals surface area contributed by atoms with Crippen LogP contribution in [0.2, 0.25) is 0 Å². The van der Waals surface area contributed by atoms with Crippen molar-refractivity contribution in [3.8, 4) is 5.75 Å². The van der Waals surface area contributed by atoms with E-state index in [1.165, 1.54) is 26.0 Å². The van der Waals surface area contributed by atoms with Crippen LogP contribution < -0.4 is 4.74 Å². The molecule has 0 aromatic heterocycles.